The maximum absolute atomic E-state index is 10.0. The van der Waals surface area contributed by atoms with Crippen LogP contribution in [0.5, 0.6) is 0 Å². The van der Waals surface area contributed by atoms with Gasteiger partial charge in [0, 0.05) is 19.1 Å². The molecule has 1 aliphatic heterocycles. The van der Waals surface area contributed by atoms with Gasteiger partial charge in [0.2, 0.25) is 0 Å². The summed E-state index contributed by atoms with van der Waals surface area (Å²) < 4.78 is 0. The van der Waals surface area contributed by atoms with E-state index in [-0.39, 0.29) is 5.60 Å². The van der Waals surface area contributed by atoms with Gasteiger partial charge in [-0.2, -0.15) is 0 Å². The summed E-state index contributed by atoms with van der Waals surface area (Å²) in [7, 11) is 2.21. The fraction of sp³-hybridized carbons (Fsp3) is 1.00. The largest absolute Gasteiger partial charge is 0.389 e. The third kappa shape index (κ3) is 2.96. The van der Waals surface area contributed by atoms with Crippen LogP contribution in [0.4, 0.5) is 0 Å². The van der Waals surface area contributed by atoms with E-state index in [2.05, 4.69) is 24.2 Å². The average molecular weight is 226 g/mol. The van der Waals surface area contributed by atoms with E-state index in [9.17, 15) is 5.11 Å². The molecule has 1 saturated heterocycles. The second-order valence-electron chi connectivity index (χ2n) is 5.91. The van der Waals surface area contributed by atoms with Gasteiger partial charge in [0.15, 0.2) is 0 Å². The highest BCUT2D eigenvalue weighted by molar-refractivity contribution is 4.91. The molecule has 0 amide bonds. The van der Waals surface area contributed by atoms with Gasteiger partial charge in [0.1, 0.15) is 0 Å². The van der Waals surface area contributed by atoms with E-state index in [0.717, 1.165) is 25.3 Å². The third-order valence-corrected chi connectivity index (χ3v) is 4.41. The number of piperidine rings is 1. The molecule has 2 fully saturated rings. The van der Waals surface area contributed by atoms with Crippen LogP contribution in [-0.2, 0) is 0 Å². The van der Waals surface area contributed by atoms with Crippen molar-refractivity contribution in [2.24, 2.45) is 5.92 Å². The lowest BCUT2D eigenvalue weighted by molar-refractivity contribution is -0.0347. The Bertz CT molecular complexity index is 228. The molecule has 1 saturated carbocycles. The molecular formula is C13H26N2O. The molecule has 3 heteroatoms. The van der Waals surface area contributed by atoms with Crippen molar-refractivity contribution in [3.05, 3.63) is 0 Å². The van der Waals surface area contributed by atoms with Gasteiger partial charge in [0.25, 0.3) is 0 Å². The van der Waals surface area contributed by atoms with E-state index >= 15 is 0 Å². The topological polar surface area (TPSA) is 35.5 Å². The molecule has 1 heterocycles. The highest BCUT2D eigenvalue weighted by Gasteiger charge is 2.35. The molecule has 94 valence electrons. The second-order valence-corrected chi connectivity index (χ2v) is 5.91. The third-order valence-electron chi connectivity index (χ3n) is 4.41. The van der Waals surface area contributed by atoms with Crippen molar-refractivity contribution in [2.75, 3.05) is 26.7 Å². The van der Waals surface area contributed by atoms with E-state index in [1.807, 2.05) is 0 Å². The highest BCUT2D eigenvalue weighted by atomic mass is 16.3. The van der Waals surface area contributed by atoms with Gasteiger partial charge < -0.3 is 15.3 Å². The monoisotopic (exact) mass is 226 g/mol. The molecule has 0 aromatic heterocycles. The predicted octanol–water partition coefficient (Wildman–Crippen LogP) is 1.22. The van der Waals surface area contributed by atoms with Crippen LogP contribution >= 0.6 is 0 Å². The van der Waals surface area contributed by atoms with Crippen LogP contribution in [0.2, 0.25) is 0 Å². The molecule has 0 spiro atoms. The number of rotatable bonds is 4. The normalized spacial score (nSPS) is 32.1. The molecule has 0 aromatic rings. The zero-order valence-electron chi connectivity index (χ0n) is 10.7. The average Bonchev–Trinajstić information content (AvgIpc) is 2.23. The zero-order valence-corrected chi connectivity index (χ0v) is 10.7. The fourth-order valence-electron chi connectivity index (χ4n) is 2.89. The van der Waals surface area contributed by atoms with Gasteiger partial charge in [-0.05, 0) is 58.5 Å². The van der Waals surface area contributed by atoms with Gasteiger partial charge >= 0.3 is 0 Å². The van der Waals surface area contributed by atoms with Crippen LogP contribution < -0.4 is 5.32 Å². The predicted molar refractivity (Wildman–Crippen MR) is 66.5 cm³/mol. The smallest absolute Gasteiger partial charge is 0.0771 e. The van der Waals surface area contributed by atoms with Gasteiger partial charge in [-0.25, -0.2) is 0 Å². The first-order valence-electron chi connectivity index (χ1n) is 6.73. The van der Waals surface area contributed by atoms with Crippen LogP contribution in [0.15, 0.2) is 0 Å². The molecule has 0 radical (unpaired) electrons. The van der Waals surface area contributed by atoms with Gasteiger partial charge in [-0.15, -0.1) is 0 Å². The minimum absolute atomic E-state index is 0.380. The Morgan fingerprint density at radius 3 is 2.75 bits per heavy atom. The van der Waals surface area contributed by atoms with Gasteiger partial charge in [0.05, 0.1) is 5.60 Å². The molecule has 1 aliphatic carbocycles. The minimum Gasteiger partial charge on any atom is -0.389 e. The summed E-state index contributed by atoms with van der Waals surface area (Å²) in [4.78, 5) is 2.42. The number of nitrogens with zero attached hydrogens (tertiary/aromatic N) is 1. The van der Waals surface area contributed by atoms with Crippen molar-refractivity contribution in [2.45, 2.75) is 50.7 Å². The lowest BCUT2D eigenvalue weighted by Crippen LogP contribution is -2.51. The molecular weight excluding hydrogens is 200 g/mol. The lowest BCUT2D eigenvalue weighted by atomic mass is 9.80. The number of nitrogens with one attached hydrogen (secondary N) is 1. The minimum atomic E-state index is -0.380. The Morgan fingerprint density at radius 2 is 2.19 bits per heavy atom. The highest BCUT2D eigenvalue weighted by Crippen LogP contribution is 2.31. The summed E-state index contributed by atoms with van der Waals surface area (Å²) in [5.41, 5.74) is -0.380. The molecule has 2 atom stereocenters. The maximum Gasteiger partial charge on any atom is 0.0771 e. The summed E-state index contributed by atoms with van der Waals surface area (Å²) in [6.45, 7) is 5.50. The Balaban J connectivity index is 1.72. The number of likely N-dealkylation sites (tertiary alicyclic amines) is 1. The summed E-state index contributed by atoms with van der Waals surface area (Å²) in [6, 6.07) is 0.535. The van der Waals surface area contributed by atoms with Crippen molar-refractivity contribution < 1.29 is 5.11 Å². The Morgan fingerprint density at radius 1 is 1.44 bits per heavy atom. The number of hydrogen-bond acceptors (Lipinski definition) is 3. The molecule has 0 bridgehead atoms. The van der Waals surface area contributed by atoms with Crippen LogP contribution in [0.3, 0.4) is 0 Å². The summed E-state index contributed by atoms with van der Waals surface area (Å²) >= 11 is 0. The first kappa shape index (κ1) is 12.3. The first-order chi connectivity index (χ1) is 7.59. The van der Waals surface area contributed by atoms with Crippen molar-refractivity contribution in [3.8, 4) is 0 Å². The van der Waals surface area contributed by atoms with E-state index in [1.54, 1.807) is 0 Å². The SMILES string of the molecule is CC(NCC1(O)CCC1)C1CCCN(C)C1. The van der Waals surface area contributed by atoms with Crippen molar-refractivity contribution in [1.82, 2.24) is 10.2 Å². The van der Waals surface area contributed by atoms with Crippen molar-refractivity contribution in [3.63, 3.8) is 0 Å². The molecule has 2 aliphatic rings. The van der Waals surface area contributed by atoms with E-state index in [4.69, 9.17) is 0 Å². The summed E-state index contributed by atoms with van der Waals surface area (Å²) in [6.07, 6.45) is 5.81. The van der Waals surface area contributed by atoms with Gasteiger partial charge in [-0.3, -0.25) is 0 Å². The van der Waals surface area contributed by atoms with Crippen LogP contribution in [0.1, 0.15) is 39.0 Å². The number of hydrogen-bond donors (Lipinski definition) is 2. The number of aliphatic hydroxyl groups is 1. The summed E-state index contributed by atoms with van der Waals surface area (Å²) in [5.74, 6) is 0.752. The molecule has 2 unspecified atom stereocenters. The van der Waals surface area contributed by atoms with Gasteiger partial charge in [-0.1, -0.05) is 0 Å². The molecule has 2 N–H and O–H groups in total. The Kier molecular flexibility index (Phi) is 3.88. The van der Waals surface area contributed by atoms with E-state index in [1.165, 1.54) is 32.4 Å². The fourth-order valence-corrected chi connectivity index (χ4v) is 2.89. The maximum atomic E-state index is 10.0. The standard InChI is InChI=1S/C13H26N2O/c1-11(12-5-3-8-15(2)9-12)14-10-13(16)6-4-7-13/h11-12,14,16H,3-10H2,1-2H3. The molecule has 16 heavy (non-hydrogen) atoms. The van der Waals surface area contributed by atoms with Crippen molar-refractivity contribution >= 4 is 0 Å². The Labute approximate surface area is 99.2 Å². The van der Waals surface area contributed by atoms with Crippen LogP contribution in [0.25, 0.3) is 0 Å². The molecule has 2 rings (SSSR count). The molecule has 0 aromatic carbocycles. The second kappa shape index (κ2) is 5.03. The lowest BCUT2D eigenvalue weighted by Gasteiger charge is -2.40. The van der Waals surface area contributed by atoms with Crippen molar-refractivity contribution in [1.29, 1.82) is 0 Å². The zero-order chi connectivity index (χ0) is 11.6. The first-order valence-corrected chi connectivity index (χ1v) is 6.73. The van der Waals surface area contributed by atoms with E-state index < -0.39 is 0 Å². The van der Waals surface area contributed by atoms with Crippen LogP contribution in [0, 0.1) is 5.92 Å². The van der Waals surface area contributed by atoms with Crippen LogP contribution in [-0.4, -0.2) is 48.3 Å². The quantitative estimate of drug-likeness (QED) is 0.756. The Hall–Kier alpha value is -0.120. The van der Waals surface area contributed by atoms with E-state index in [0.29, 0.717) is 6.04 Å². The summed E-state index contributed by atoms with van der Waals surface area (Å²) in [5, 5.41) is 13.6. The molecule has 3 nitrogen and oxygen atoms in total.